The zero-order valence-electron chi connectivity index (χ0n) is 16.3. The summed E-state index contributed by atoms with van der Waals surface area (Å²) in [6.45, 7) is 0.101. The van der Waals surface area contributed by atoms with E-state index in [2.05, 4.69) is 5.32 Å². The number of halogens is 2. The molecule has 31 heavy (non-hydrogen) atoms. The first-order valence-corrected chi connectivity index (χ1v) is 10.1. The summed E-state index contributed by atoms with van der Waals surface area (Å²) in [5.41, 5.74) is 4.74. The van der Waals surface area contributed by atoms with Gasteiger partial charge in [0.2, 0.25) is 0 Å². The molecule has 1 aliphatic rings. The first-order chi connectivity index (χ1) is 14.9. The zero-order valence-corrected chi connectivity index (χ0v) is 17.1. The third-order valence-electron chi connectivity index (χ3n) is 5.36. The van der Waals surface area contributed by atoms with Crippen LogP contribution < -0.4 is 5.32 Å². The highest BCUT2D eigenvalue weighted by molar-refractivity contribution is 6.30. The van der Waals surface area contributed by atoms with E-state index in [0.717, 1.165) is 28.3 Å². The Morgan fingerprint density at radius 1 is 1.03 bits per heavy atom. The Balaban J connectivity index is 1.49. The van der Waals surface area contributed by atoms with Crippen LogP contribution in [0.2, 0.25) is 5.02 Å². The fraction of sp³-hybridized carbons (Fsp3) is 0.167. The minimum atomic E-state index is -1.12. The van der Waals surface area contributed by atoms with Crippen molar-refractivity contribution < 1.29 is 23.8 Å². The van der Waals surface area contributed by atoms with Crippen LogP contribution >= 0.6 is 11.6 Å². The predicted octanol–water partition coefficient (Wildman–Crippen LogP) is 5.53. The van der Waals surface area contributed by atoms with Crippen LogP contribution in [0.25, 0.3) is 11.1 Å². The number of hydrogen-bond donors (Lipinski definition) is 2. The SMILES string of the molecule is O=C(O)C[C@@H](NC(=O)OCC1c2ccccc2-c2ccccc21)c1ccc(F)c(Cl)c1. The van der Waals surface area contributed by atoms with E-state index < -0.39 is 30.3 Å². The fourth-order valence-electron chi connectivity index (χ4n) is 3.94. The van der Waals surface area contributed by atoms with E-state index in [1.54, 1.807) is 0 Å². The summed E-state index contributed by atoms with van der Waals surface area (Å²) >= 11 is 5.81. The van der Waals surface area contributed by atoms with Crippen molar-refractivity contribution in [3.8, 4) is 11.1 Å². The molecule has 3 aromatic rings. The number of carbonyl (C=O) groups excluding carboxylic acids is 1. The molecule has 1 atom stereocenters. The monoisotopic (exact) mass is 439 g/mol. The van der Waals surface area contributed by atoms with Gasteiger partial charge >= 0.3 is 12.1 Å². The minimum Gasteiger partial charge on any atom is -0.481 e. The summed E-state index contributed by atoms with van der Waals surface area (Å²) in [5.74, 6) is -1.86. The van der Waals surface area contributed by atoms with Crippen molar-refractivity contribution in [1.82, 2.24) is 5.32 Å². The second kappa shape index (κ2) is 8.78. The second-order valence-electron chi connectivity index (χ2n) is 7.29. The second-order valence-corrected chi connectivity index (χ2v) is 7.70. The van der Waals surface area contributed by atoms with Crippen molar-refractivity contribution in [2.24, 2.45) is 0 Å². The van der Waals surface area contributed by atoms with Gasteiger partial charge in [-0.25, -0.2) is 9.18 Å². The summed E-state index contributed by atoms with van der Waals surface area (Å²) in [5, 5.41) is 11.6. The molecule has 0 radical (unpaired) electrons. The maximum absolute atomic E-state index is 13.5. The van der Waals surface area contributed by atoms with Crippen LogP contribution in [0.4, 0.5) is 9.18 Å². The van der Waals surface area contributed by atoms with E-state index in [-0.39, 0.29) is 17.5 Å². The van der Waals surface area contributed by atoms with Gasteiger partial charge < -0.3 is 15.2 Å². The van der Waals surface area contributed by atoms with Gasteiger partial charge in [0.15, 0.2) is 0 Å². The Hall–Kier alpha value is -3.38. The van der Waals surface area contributed by atoms with Crippen molar-refractivity contribution in [2.75, 3.05) is 6.61 Å². The maximum atomic E-state index is 13.5. The third-order valence-corrected chi connectivity index (χ3v) is 5.65. The summed E-state index contributed by atoms with van der Waals surface area (Å²) in [4.78, 5) is 23.8. The van der Waals surface area contributed by atoms with Gasteiger partial charge in [0.05, 0.1) is 17.5 Å². The van der Waals surface area contributed by atoms with Crippen molar-refractivity contribution in [3.05, 3.63) is 94.3 Å². The number of ether oxygens (including phenoxy) is 1. The number of carboxylic acids is 1. The molecule has 7 heteroatoms. The van der Waals surface area contributed by atoms with Gasteiger partial charge in [-0.3, -0.25) is 4.79 Å². The number of benzene rings is 3. The summed E-state index contributed by atoms with van der Waals surface area (Å²) in [7, 11) is 0. The van der Waals surface area contributed by atoms with Crippen LogP contribution in [-0.4, -0.2) is 23.8 Å². The van der Waals surface area contributed by atoms with Gasteiger partial charge in [-0.05, 0) is 39.9 Å². The number of hydrogen-bond acceptors (Lipinski definition) is 3. The molecular weight excluding hydrogens is 421 g/mol. The van der Waals surface area contributed by atoms with E-state index in [9.17, 15) is 19.1 Å². The van der Waals surface area contributed by atoms with Crippen LogP contribution in [-0.2, 0) is 9.53 Å². The Bertz CT molecular complexity index is 1100. The number of fused-ring (bicyclic) bond motifs is 3. The van der Waals surface area contributed by atoms with Crippen LogP contribution in [0, 0.1) is 5.82 Å². The fourth-order valence-corrected chi connectivity index (χ4v) is 4.13. The standard InChI is InChI=1S/C24H19ClFNO4/c25-20-11-14(9-10-21(20)26)22(12-23(28)29)27-24(30)31-13-19-17-7-3-1-5-15(17)16-6-2-4-8-18(16)19/h1-11,19,22H,12-13H2,(H,27,30)(H,28,29)/t22-/m1/s1. The molecule has 1 amide bonds. The molecule has 4 rings (SSSR count). The molecule has 0 aromatic heterocycles. The van der Waals surface area contributed by atoms with Gasteiger partial charge in [-0.15, -0.1) is 0 Å². The molecule has 0 saturated heterocycles. The number of amides is 1. The van der Waals surface area contributed by atoms with Gasteiger partial charge in [0, 0.05) is 5.92 Å². The number of carbonyl (C=O) groups is 2. The Kier molecular flexibility index (Phi) is 5.91. The zero-order chi connectivity index (χ0) is 22.0. The number of aliphatic carboxylic acids is 1. The molecule has 158 valence electrons. The molecule has 5 nitrogen and oxygen atoms in total. The highest BCUT2D eigenvalue weighted by Gasteiger charge is 2.29. The number of rotatable bonds is 6. The smallest absolute Gasteiger partial charge is 0.407 e. The van der Waals surface area contributed by atoms with Crippen LogP contribution in [0.1, 0.15) is 35.1 Å². The number of alkyl carbamates (subject to hydrolysis) is 1. The highest BCUT2D eigenvalue weighted by Crippen LogP contribution is 2.44. The summed E-state index contributed by atoms with van der Waals surface area (Å²) in [6.07, 6.45) is -1.15. The molecule has 0 unspecified atom stereocenters. The lowest BCUT2D eigenvalue weighted by Crippen LogP contribution is -2.31. The summed E-state index contributed by atoms with van der Waals surface area (Å²) < 4.78 is 18.9. The topological polar surface area (TPSA) is 75.6 Å². The van der Waals surface area contributed by atoms with E-state index in [1.807, 2.05) is 48.5 Å². The van der Waals surface area contributed by atoms with E-state index in [4.69, 9.17) is 16.3 Å². The molecule has 0 spiro atoms. The average molecular weight is 440 g/mol. The first-order valence-electron chi connectivity index (χ1n) is 9.72. The van der Waals surface area contributed by atoms with E-state index >= 15 is 0 Å². The normalized spacial score (nSPS) is 13.2. The predicted molar refractivity (Wildman–Crippen MR) is 115 cm³/mol. The maximum Gasteiger partial charge on any atom is 0.407 e. The lowest BCUT2D eigenvalue weighted by atomic mass is 9.98. The molecular formula is C24H19ClFNO4. The van der Waals surface area contributed by atoms with E-state index in [0.29, 0.717) is 5.56 Å². The molecule has 0 fully saturated rings. The molecule has 2 N–H and O–H groups in total. The molecule has 0 saturated carbocycles. The van der Waals surface area contributed by atoms with Gasteiger partial charge in [0.25, 0.3) is 0 Å². The highest BCUT2D eigenvalue weighted by atomic mass is 35.5. The largest absolute Gasteiger partial charge is 0.481 e. The van der Waals surface area contributed by atoms with Crippen molar-refractivity contribution in [3.63, 3.8) is 0 Å². The van der Waals surface area contributed by atoms with Gasteiger partial charge in [0.1, 0.15) is 12.4 Å². The molecule has 0 heterocycles. The van der Waals surface area contributed by atoms with Crippen LogP contribution in [0.15, 0.2) is 66.7 Å². The van der Waals surface area contributed by atoms with Crippen molar-refractivity contribution >= 4 is 23.7 Å². The van der Waals surface area contributed by atoms with Crippen molar-refractivity contribution in [2.45, 2.75) is 18.4 Å². The Labute approximate surface area is 183 Å². The quantitative estimate of drug-likeness (QED) is 0.529. The van der Waals surface area contributed by atoms with Gasteiger partial charge in [-0.2, -0.15) is 0 Å². The lowest BCUT2D eigenvalue weighted by Gasteiger charge is -2.19. The number of nitrogens with one attached hydrogen (secondary N) is 1. The van der Waals surface area contributed by atoms with Crippen LogP contribution in [0.5, 0.6) is 0 Å². The average Bonchev–Trinajstić information content (AvgIpc) is 3.07. The molecule has 0 aliphatic heterocycles. The lowest BCUT2D eigenvalue weighted by molar-refractivity contribution is -0.137. The van der Waals surface area contributed by atoms with Crippen molar-refractivity contribution in [1.29, 1.82) is 0 Å². The van der Waals surface area contributed by atoms with Crippen LogP contribution in [0.3, 0.4) is 0 Å². The number of carboxylic acid groups (broad SMARTS) is 1. The minimum absolute atomic E-state index is 0.101. The molecule has 1 aliphatic carbocycles. The molecule has 0 bridgehead atoms. The van der Waals surface area contributed by atoms with Gasteiger partial charge in [-0.1, -0.05) is 66.2 Å². The van der Waals surface area contributed by atoms with E-state index in [1.165, 1.54) is 12.1 Å². The Morgan fingerprint density at radius 2 is 1.65 bits per heavy atom. The molecule has 3 aromatic carbocycles. The summed E-state index contributed by atoms with van der Waals surface area (Å²) in [6, 6.07) is 18.8. The third kappa shape index (κ3) is 4.39. The Morgan fingerprint density at radius 3 is 2.23 bits per heavy atom. The first kappa shape index (κ1) is 20.9.